The molecule has 1 fully saturated rings. The Bertz CT molecular complexity index is 767. The van der Waals surface area contributed by atoms with Crippen LogP contribution in [0.25, 0.3) is 0 Å². The molecule has 4 rings (SSSR count). The van der Waals surface area contributed by atoms with Gasteiger partial charge in [0.25, 0.3) is 5.91 Å². The summed E-state index contributed by atoms with van der Waals surface area (Å²) >= 11 is 0. The molecule has 2 N–H and O–H groups in total. The Morgan fingerprint density at radius 3 is 2.83 bits per heavy atom. The van der Waals surface area contributed by atoms with E-state index in [2.05, 4.69) is 30.1 Å². The number of fused-ring (bicyclic) bond motifs is 1. The van der Waals surface area contributed by atoms with E-state index in [1.807, 2.05) is 17.0 Å². The summed E-state index contributed by atoms with van der Waals surface area (Å²) < 4.78 is 0. The molecule has 1 amide bonds. The highest BCUT2D eigenvalue weighted by atomic mass is 16.2. The molecule has 0 spiro atoms. The zero-order valence-electron chi connectivity index (χ0n) is 13.3. The third-order valence-electron chi connectivity index (χ3n) is 5.07. The maximum Gasteiger partial charge on any atom is 0.255 e. The van der Waals surface area contributed by atoms with Crippen molar-refractivity contribution >= 4 is 11.7 Å². The molecule has 0 unspecified atom stereocenters. The third-order valence-corrected chi connectivity index (χ3v) is 5.07. The standard InChI is InChI=1S/C19H21N3O/c1-12-16-5-3-2-4-13(16)8-9-22(12)19(23)15-10-17(14-6-7-14)18(20)21-11-15/h2-5,10-12,14H,6-9H2,1H3,(H2,20,21)/t12-/m1/s1. The highest BCUT2D eigenvalue weighted by Crippen LogP contribution is 2.42. The van der Waals surface area contributed by atoms with Crippen LogP contribution < -0.4 is 5.73 Å². The number of nitrogen functional groups attached to an aromatic ring is 1. The summed E-state index contributed by atoms with van der Waals surface area (Å²) in [6.45, 7) is 2.85. The summed E-state index contributed by atoms with van der Waals surface area (Å²) in [4.78, 5) is 19.2. The fourth-order valence-electron chi connectivity index (χ4n) is 3.55. The largest absolute Gasteiger partial charge is 0.383 e. The van der Waals surface area contributed by atoms with E-state index in [0.29, 0.717) is 17.3 Å². The first kappa shape index (κ1) is 14.2. The molecule has 4 heteroatoms. The van der Waals surface area contributed by atoms with Crippen LogP contribution in [0.2, 0.25) is 0 Å². The van der Waals surface area contributed by atoms with Gasteiger partial charge in [-0.3, -0.25) is 4.79 Å². The highest BCUT2D eigenvalue weighted by Gasteiger charge is 2.30. The number of nitrogens with zero attached hydrogens (tertiary/aromatic N) is 2. The Morgan fingerprint density at radius 2 is 2.04 bits per heavy atom. The van der Waals surface area contributed by atoms with Gasteiger partial charge in [0.1, 0.15) is 5.82 Å². The summed E-state index contributed by atoms with van der Waals surface area (Å²) in [5, 5.41) is 0. The molecule has 1 aromatic heterocycles. The number of rotatable bonds is 2. The lowest BCUT2D eigenvalue weighted by atomic mass is 9.93. The van der Waals surface area contributed by atoms with E-state index < -0.39 is 0 Å². The number of amides is 1. The van der Waals surface area contributed by atoms with Crippen LogP contribution >= 0.6 is 0 Å². The SMILES string of the molecule is C[C@@H]1c2ccccc2CCN1C(=O)c1cnc(N)c(C2CC2)c1. The van der Waals surface area contributed by atoms with Gasteiger partial charge in [-0.1, -0.05) is 24.3 Å². The maximum atomic E-state index is 13.0. The Kier molecular flexibility index (Phi) is 3.33. The minimum Gasteiger partial charge on any atom is -0.383 e. The Labute approximate surface area is 136 Å². The van der Waals surface area contributed by atoms with Gasteiger partial charge >= 0.3 is 0 Å². The quantitative estimate of drug-likeness (QED) is 0.926. The number of nitrogens with two attached hydrogens (primary N) is 1. The van der Waals surface area contributed by atoms with Crippen LogP contribution in [-0.2, 0) is 6.42 Å². The number of carbonyl (C=O) groups excluding carboxylic acids is 1. The zero-order chi connectivity index (χ0) is 16.0. The number of benzene rings is 1. The average Bonchev–Trinajstić information content (AvgIpc) is 3.40. The number of aromatic nitrogens is 1. The molecule has 118 valence electrons. The molecule has 2 heterocycles. The van der Waals surface area contributed by atoms with Gasteiger partial charge in [-0.25, -0.2) is 4.98 Å². The fraction of sp³-hybridized carbons (Fsp3) is 0.368. The molecule has 1 saturated carbocycles. The van der Waals surface area contributed by atoms with Gasteiger partial charge < -0.3 is 10.6 Å². The number of carbonyl (C=O) groups is 1. The molecule has 1 atom stereocenters. The molecule has 0 bridgehead atoms. The second-order valence-electron chi connectivity index (χ2n) is 6.60. The minimum atomic E-state index is 0.0569. The first-order valence-electron chi connectivity index (χ1n) is 8.29. The molecule has 2 aliphatic rings. The number of hydrogen-bond acceptors (Lipinski definition) is 3. The van der Waals surface area contributed by atoms with E-state index in [0.717, 1.165) is 31.4 Å². The molecule has 4 nitrogen and oxygen atoms in total. The van der Waals surface area contributed by atoms with Gasteiger partial charge in [0.2, 0.25) is 0 Å². The van der Waals surface area contributed by atoms with Crippen molar-refractivity contribution in [3.63, 3.8) is 0 Å². The second kappa shape index (κ2) is 5.37. The minimum absolute atomic E-state index is 0.0569. The van der Waals surface area contributed by atoms with Gasteiger partial charge in [0.05, 0.1) is 11.6 Å². The lowest BCUT2D eigenvalue weighted by molar-refractivity contribution is 0.0677. The average molecular weight is 307 g/mol. The molecule has 0 radical (unpaired) electrons. The topological polar surface area (TPSA) is 59.2 Å². The number of anilines is 1. The van der Waals surface area contributed by atoms with Crippen molar-refractivity contribution in [3.8, 4) is 0 Å². The van der Waals surface area contributed by atoms with Gasteiger partial charge in [-0.2, -0.15) is 0 Å². The third kappa shape index (κ3) is 2.48. The van der Waals surface area contributed by atoms with Crippen molar-refractivity contribution in [2.75, 3.05) is 12.3 Å². The normalized spacial score (nSPS) is 20.2. The van der Waals surface area contributed by atoms with Gasteiger partial charge in [-0.15, -0.1) is 0 Å². The monoisotopic (exact) mass is 307 g/mol. The van der Waals surface area contributed by atoms with E-state index in [1.54, 1.807) is 6.20 Å². The Balaban J connectivity index is 1.64. The van der Waals surface area contributed by atoms with E-state index in [4.69, 9.17) is 5.73 Å². The van der Waals surface area contributed by atoms with Crippen LogP contribution in [0, 0.1) is 0 Å². The van der Waals surface area contributed by atoms with Crippen molar-refractivity contribution in [1.29, 1.82) is 0 Å². The number of hydrogen-bond donors (Lipinski definition) is 1. The van der Waals surface area contributed by atoms with Crippen molar-refractivity contribution in [2.45, 2.75) is 38.1 Å². The summed E-state index contributed by atoms with van der Waals surface area (Å²) in [6.07, 6.45) is 4.83. The lowest BCUT2D eigenvalue weighted by Gasteiger charge is -2.35. The predicted molar refractivity (Wildman–Crippen MR) is 90.2 cm³/mol. The molecule has 2 aromatic rings. The van der Waals surface area contributed by atoms with Crippen LogP contribution in [0.15, 0.2) is 36.5 Å². The van der Waals surface area contributed by atoms with Crippen LogP contribution in [0.5, 0.6) is 0 Å². The molecule has 1 aliphatic heterocycles. The number of pyridine rings is 1. The smallest absolute Gasteiger partial charge is 0.255 e. The van der Waals surface area contributed by atoms with Crippen LogP contribution in [-0.4, -0.2) is 22.3 Å². The fourth-order valence-corrected chi connectivity index (χ4v) is 3.55. The van der Waals surface area contributed by atoms with E-state index in [1.165, 1.54) is 11.1 Å². The Hall–Kier alpha value is -2.36. The molecule has 23 heavy (non-hydrogen) atoms. The summed E-state index contributed by atoms with van der Waals surface area (Å²) in [6, 6.07) is 10.4. The van der Waals surface area contributed by atoms with Crippen molar-refractivity contribution < 1.29 is 4.79 Å². The first-order valence-corrected chi connectivity index (χ1v) is 8.29. The molecule has 1 aliphatic carbocycles. The van der Waals surface area contributed by atoms with Gasteiger partial charge in [-0.05, 0) is 54.9 Å². The lowest BCUT2D eigenvalue weighted by Crippen LogP contribution is -2.38. The first-order chi connectivity index (χ1) is 11.1. The van der Waals surface area contributed by atoms with Crippen LogP contribution in [0.4, 0.5) is 5.82 Å². The van der Waals surface area contributed by atoms with Crippen LogP contribution in [0.1, 0.15) is 58.8 Å². The highest BCUT2D eigenvalue weighted by molar-refractivity contribution is 5.95. The van der Waals surface area contributed by atoms with Crippen molar-refractivity contribution in [3.05, 3.63) is 58.8 Å². The van der Waals surface area contributed by atoms with Crippen molar-refractivity contribution in [2.24, 2.45) is 0 Å². The van der Waals surface area contributed by atoms with E-state index in [9.17, 15) is 4.79 Å². The van der Waals surface area contributed by atoms with Crippen molar-refractivity contribution in [1.82, 2.24) is 9.88 Å². The summed E-state index contributed by atoms with van der Waals surface area (Å²) in [5.41, 5.74) is 10.3. The molecule has 1 aromatic carbocycles. The molecular formula is C19H21N3O. The molecule has 0 saturated heterocycles. The Morgan fingerprint density at radius 1 is 1.26 bits per heavy atom. The van der Waals surface area contributed by atoms with Crippen LogP contribution in [0.3, 0.4) is 0 Å². The summed E-state index contributed by atoms with van der Waals surface area (Å²) in [5.74, 6) is 1.12. The van der Waals surface area contributed by atoms with Gasteiger partial charge in [0.15, 0.2) is 0 Å². The maximum absolute atomic E-state index is 13.0. The molecular weight excluding hydrogens is 286 g/mol. The van der Waals surface area contributed by atoms with Gasteiger partial charge in [0, 0.05) is 12.7 Å². The van der Waals surface area contributed by atoms with E-state index in [-0.39, 0.29) is 11.9 Å². The predicted octanol–water partition coefficient (Wildman–Crippen LogP) is 3.30. The zero-order valence-corrected chi connectivity index (χ0v) is 13.3. The van der Waals surface area contributed by atoms with E-state index >= 15 is 0 Å². The second-order valence-corrected chi connectivity index (χ2v) is 6.60. The summed E-state index contributed by atoms with van der Waals surface area (Å²) in [7, 11) is 0.